The Bertz CT molecular complexity index is 1200. The van der Waals surface area contributed by atoms with Crippen molar-refractivity contribution < 1.29 is 22.8 Å². The number of nitrogens with zero attached hydrogens (tertiary/aromatic N) is 3. The predicted molar refractivity (Wildman–Crippen MR) is 154 cm³/mol. The highest BCUT2D eigenvalue weighted by atomic mass is 35.5. The zero-order chi connectivity index (χ0) is 29.8. The minimum atomic E-state index is -4.47. The van der Waals surface area contributed by atoms with Crippen LogP contribution in [0, 0.1) is 5.92 Å². The first kappa shape index (κ1) is 32.0. The van der Waals surface area contributed by atoms with E-state index in [1.165, 1.54) is 17.9 Å². The van der Waals surface area contributed by atoms with E-state index in [1.54, 1.807) is 23.1 Å². The Balaban J connectivity index is 1.83. The molecule has 0 radical (unpaired) electrons. The third-order valence-corrected chi connectivity index (χ3v) is 7.83. The molecule has 220 valence electrons. The first-order chi connectivity index (χ1) is 18.7. The maximum atomic E-state index is 13.8. The van der Waals surface area contributed by atoms with Crippen LogP contribution in [0.25, 0.3) is 0 Å². The molecule has 2 aromatic rings. The number of rotatable bonds is 9. The Kier molecular flexibility index (Phi) is 10.8. The number of carbonyl (C=O) groups is 2. The molecule has 0 saturated carbocycles. The fraction of sp³-hybridized carbons (Fsp3) is 0.517. The van der Waals surface area contributed by atoms with Crippen LogP contribution in [-0.4, -0.2) is 60.4 Å². The molecule has 2 N–H and O–H groups in total. The van der Waals surface area contributed by atoms with Gasteiger partial charge in [0.25, 0.3) is 0 Å². The molecule has 0 aliphatic carbocycles. The molecule has 2 unspecified atom stereocenters. The second-order valence-corrected chi connectivity index (χ2v) is 11.4. The second kappa shape index (κ2) is 13.4. The molecular formula is C29H37Cl2F3N4O2. The van der Waals surface area contributed by atoms with Crippen molar-refractivity contribution in [1.29, 1.82) is 0 Å². The number of nitrogens with two attached hydrogens (primary N) is 1. The summed E-state index contributed by atoms with van der Waals surface area (Å²) >= 11 is 12.4. The van der Waals surface area contributed by atoms with Crippen molar-refractivity contribution in [3.05, 3.63) is 63.1 Å². The highest BCUT2D eigenvalue weighted by Gasteiger charge is 2.35. The van der Waals surface area contributed by atoms with Crippen molar-refractivity contribution in [2.75, 3.05) is 37.6 Å². The number of piperazine rings is 1. The van der Waals surface area contributed by atoms with Crippen LogP contribution in [0.4, 0.5) is 18.9 Å². The summed E-state index contributed by atoms with van der Waals surface area (Å²) in [5.74, 6) is -0.217. The summed E-state index contributed by atoms with van der Waals surface area (Å²) in [7, 11) is 0. The van der Waals surface area contributed by atoms with Crippen LogP contribution in [0.2, 0.25) is 10.0 Å². The van der Waals surface area contributed by atoms with E-state index in [2.05, 4.69) is 0 Å². The minimum absolute atomic E-state index is 0.202. The number of hydrogen-bond acceptors (Lipinski definition) is 4. The van der Waals surface area contributed by atoms with Crippen molar-refractivity contribution in [3.63, 3.8) is 0 Å². The van der Waals surface area contributed by atoms with E-state index >= 15 is 0 Å². The summed E-state index contributed by atoms with van der Waals surface area (Å²) in [4.78, 5) is 31.4. The lowest BCUT2D eigenvalue weighted by Gasteiger charge is -2.40. The van der Waals surface area contributed by atoms with Crippen molar-refractivity contribution in [2.45, 2.75) is 58.8 Å². The van der Waals surface area contributed by atoms with Gasteiger partial charge in [0.1, 0.15) is 6.04 Å². The van der Waals surface area contributed by atoms with Gasteiger partial charge >= 0.3 is 6.18 Å². The number of carbonyl (C=O) groups excluding carboxylic acids is 2. The molecule has 11 heteroatoms. The summed E-state index contributed by atoms with van der Waals surface area (Å²) in [6.07, 6.45) is -3.70. The Morgan fingerprint density at radius 3 is 2.23 bits per heavy atom. The summed E-state index contributed by atoms with van der Waals surface area (Å²) in [6.45, 7) is 9.07. The Hall–Kier alpha value is -2.49. The van der Waals surface area contributed by atoms with Crippen molar-refractivity contribution in [2.24, 2.45) is 11.7 Å². The van der Waals surface area contributed by atoms with Gasteiger partial charge in [0, 0.05) is 67.8 Å². The summed E-state index contributed by atoms with van der Waals surface area (Å²) in [5.41, 5.74) is 7.46. The number of amides is 2. The molecule has 0 aromatic heterocycles. The second-order valence-electron chi connectivity index (χ2n) is 10.6. The smallest absolute Gasteiger partial charge is 0.368 e. The van der Waals surface area contributed by atoms with Gasteiger partial charge in [0.15, 0.2) is 0 Å². The van der Waals surface area contributed by atoms with Gasteiger partial charge in [-0.1, -0.05) is 43.1 Å². The molecule has 2 amide bonds. The molecule has 0 spiro atoms. The SMILES string of the molecule is CCN(C(C)=O)C(Cc1ccc(Cl)cc1Cl)C(=O)N1CCN(c2ccc(C(F)(F)F)cc2C(N)CC(C)C)CC1. The van der Waals surface area contributed by atoms with E-state index in [1.807, 2.05) is 25.7 Å². The van der Waals surface area contributed by atoms with Crippen molar-refractivity contribution in [3.8, 4) is 0 Å². The monoisotopic (exact) mass is 600 g/mol. The quantitative estimate of drug-likeness (QED) is 0.373. The number of likely N-dealkylation sites (N-methyl/N-ethyl adjacent to an activating group) is 1. The maximum absolute atomic E-state index is 13.8. The normalized spacial score (nSPS) is 15.8. The maximum Gasteiger partial charge on any atom is 0.416 e. The summed E-state index contributed by atoms with van der Waals surface area (Å²) in [6, 6.07) is 7.45. The molecular weight excluding hydrogens is 564 g/mol. The molecule has 40 heavy (non-hydrogen) atoms. The third kappa shape index (κ3) is 7.83. The van der Waals surface area contributed by atoms with Gasteiger partial charge in [-0.3, -0.25) is 9.59 Å². The number of hydrogen-bond donors (Lipinski definition) is 1. The van der Waals surface area contributed by atoms with Gasteiger partial charge in [0.2, 0.25) is 11.8 Å². The Morgan fingerprint density at radius 2 is 1.70 bits per heavy atom. The molecule has 2 aromatic carbocycles. The average Bonchev–Trinajstić information content (AvgIpc) is 2.88. The highest BCUT2D eigenvalue weighted by molar-refractivity contribution is 6.35. The molecule has 1 heterocycles. The fourth-order valence-electron chi connectivity index (χ4n) is 5.22. The van der Waals surface area contributed by atoms with Crippen LogP contribution < -0.4 is 10.6 Å². The van der Waals surface area contributed by atoms with E-state index in [9.17, 15) is 22.8 Å². The van der Waals surface area contributed by atoms with Gasteiger partial charge in [-0.25, -0.2) is 0 Å². The fourth-order valence-corrected chi connectivity index (χ4v) is 5.70. The largest absolute Gasteiger partial charge is 0.416 e. The molecule has 6 nitrogen and oxygen atoms in total. The number of benzene rings is 2. The van der Waals surface area contributed by atoms with Crippen LogP contribution >= 0.6 is 23.2 Å². The molecule has 1 saturated heterocycles. The average molecular weight is 602 g/mol. The number of alkyl halides is 3. The summed E-state index contributed by atoms with van der Waals surface area (Å²) in [5, 5.41) is 0.893. The van der Waals surface area contributed by atoms with E-state index in [4.69, 9.17) is 28.9 Å². The van der Waals surface area contributed by atoms with Crippen molar-refractivity contribution >= 4 is 40.7 Å². The lowest BCUT2D eigenvalue weighted by Crippen LogP contribution is -2.56. The van der Waals surface area contributed by atoms with Crippen LogP contribution in [0.15, 0.2) is 36.4 Å². The number of anilines is 1. The van der Waals surface area contributed by atoms with E-state index < -0.39 is 23.8 Å². The third-order valence-electron chi connectivity index (χ3n) is 7.25. The zero-order valence-electron chi connectivity index (χ0n) is 23.3. The molecule has 1 aliphatic heterocycles. The first-order valence-electron chi connectivity index (χ1n) is 13.4. The molecule has 1 fully saturated rings. The molecule has 0 bridgehead atoms. The van der Waals surface area contributed by atoms with Crippen LogP contribution in [-0.2, 0) is 22.2 Å². The topological polar surface area (TPSA) is 69.9 Å². The highest BCUT2D eigenvalue weighted by Crippen LogP contribution is 2.36. The summed E-state index contributed by atoms with van der Waals surface area (Å²) < 4.78 is 40.5. The van der Waals surface area contributed by atoms with Gasteiger partial charge in [-0.15, -0.1) is 0 Å². The molecule has 1 aliphatic rings. The van der Waals surface area contributed by atoms with Gasteiger partial charge in [0.05, 0.1) is 5.56 Å². The zero-order valence-corrected chi connectivity index (χ0v) is 24.8. The lowest BCUT2D eigenvalue weighted by atomic mass is 9.94. The number of halogens is 5. The van der Waals surface area contributed by atoms with Crippen LogP contribution in [0.1, 0.15) is 56.8 Å². The first-order valence-corrected chi connectivity index (χ1v) is 14.2. The van der Waals surface area contributed by atoms with Crippen molar-refractivity contribution in [1.82, 2.24) is 9.80 Å². The van der Waals surface area contributed by atoms with E-state index in [-0.39, 0.29) is 24.2 Å². The van der Waals surface area contributed by atoms with Gasteiger partial charge in [-0.2, -0.15) is 13.2 Å². The van der Waals surface area contributed by atoms with Crippen LogP contribution in [0.3, 0.4) is 0 Å². The minimum Gasteiger partial charge on any atom is -0.368 e. The van der Waals surface area contributed by atoms with Gasteiger partial charge in [-0.05, 0) is 60.7 Å². The van der Waals surface area contributed by atoms with E-state index in [0.29, 0.717) is 66.0 Å². The Morgan fingerprint density at radius 1 is 1.05 bits per heavy atom. The van der Waals surface area contributed by atoms with Crippen LogP contribution in [0.5, 0.6) is 0 Å². The standard InChI is InChI=1S/C29H37Cl2F3N4O2/c1-5-38(19(4)39)27(15-20-6-8-22(30)17-24(20)31)28(40)37-12-10-36(11-13-37)26-9-7-21(29(32,33)34)16-23(26)25(35)14-18(2)3/h6-9,16-18,25,27H,5,10-15,35H2,1-4H3. The molecule has 3 rings (SSSR count). The Labute approximate surface area is 244 Å². The molecule has 2 atom stereocenters. The van der Waals surface area contributed by atoms with E-state index in [0.717, 1.165) is 12.1 Å². The predicted octanol–water partition coefficient (Wildman–Crippen LogP) is 6.19. The lowest BCUT2D eigenvalue weighted by molar-refractivity contribution is -0.144. The van der Waals surface area contributed by atoms with Gasteiger partial charge < -0.3 is 20.4 Å².